The van der Waals surface area contributed by atoms with E-state index in [9.17, 15) is 8.42 Å². The minimum Gasteiger partial charge on any atom is -0.207 e. The molecular formula is C18H24ClNO2S. The van der Waals surface area contributed by atoms with Gasteiger partial charge in [0, 0.05) is 21.3 Å². The van der Waals surface area contributed by atoms with Crippen molar-refractivity contribution in [2.45, 2.75) is 51.5 Å². The van der Waals surface area contributed by atoms with Crippen molar-refractivity contribution in [3.05, 3.63) is 41.4 Å². The lowest BCUT2D eigenvalue weighted by Gasteiger charge is -2.33. The van der Waals surface area contributed by atoms with Crippen molar-refractivity contribution in [1.29, 1.82) is 0 Å². The zero-order valence-electron chi connectivity index (χ0n) is 14.3. The highest BCUT2D eigenvalue weighted by Gasteiger charge is 2.31. The summed E-state index contributed by atoms with van der Waals surface area (Å²) in [5.74, 6) is 0. The van der Waals surface area contributed by atoms with Crippen molar-refractivity contribution >= 4 is 32.4 Å². The largest absolute Gasteiger partial charge is 0.241 e. The Labute approximate surface area is 144 Å². The number of rotatable bonds is 4. The molecule has 0 saturated carbocycles. The van der Waals surface area contributed by atoms with Crippen LogP contribution in [0, 0.1) is 5.41 Å². The second kappa shape index (κ2) is 6.08. The first kappa shape index (κ1) is 18.2. The maximum Gasteiger partial charge on any atom is 0.241 e. The minimum atomic E-state index is -3.64. The third-order valence-electron chi connectivity index (χ3n) is 3.50. The molecule has 0 radical (unpaired) electrons. The summed E-state index contributed by atoms with van der Waals surface area (Å²) in [6.07, 6.45) is 0.727. The molecule has 1 N–H and O–H groups in total. The fourth-order valence-corrected chi connectivity index (χ4v) is 5.10. The molecule has 0 fully saturated rings. The highest BCUT2D eigenvalue weighted by molar-refractivity contribution is 7.89. The van der Waals surface area contributed by atoms with Crippen LogP contribution in [0.3, 0.4) is 0 Å². The Bertz CT molecular complexity index is 821. The first-order chi connectivity index (χ1) is 10.4. The molecule has 0 aliphatic heterocycles. The number of fused-ring (bicyclic) bond motifs is 1. The summed E-state index contributed by atoms with van der Waals surface area (Å²) in [6, 6.07) is 10.5. The first-order valence-corrected chi connectivity index (χ1v) is 9.49. The van der Waals surface area contributed by atoms with Gasteiger partial charge in [-0.1, -0.05) is 56.6 Å². The van der Waals surface area contributed by atoms with Crippen LogP contribution < -0.4 is 4.72 Å². The zero-order valence-corrected chi connectivity index (χ0v) is 15.8. The standard InChI is InChI=1S/C18H24ClNO2S/c1-17(2,3)12-18(4,5)20-23(21,22)16-11-10-15(19)13-8-6-7-9-14(13)16/h6-11,20H,12H2,1-5H3. The monoisotopic (exact) mass is 353 g/mol. The van der Waals surface area contributed by atoms with Gasteiger partial charge in [0.25, 0.3) is 0 Å². The Morgan fingerprint density at radius 1 is 0.957 bits per heavy atom. The fraction of sp³-hybridized carbons (Fsp3) is 0.444. The van der Waals surface area contributed by atoms with Crippen LogP contribution in [0.2, 0.25) is 5.02 Å². The molecule has 0 saturated heterocycles. The zero-order chi connectivity index (χ0) is 17.5. The van der Waals surface area contributed by atoms with Crippen molar-refractivity contribution in [3.63, 3.8) is 0 Å². The number of hydrogen-bond acceptors (Lipinski definition) is 2. The van der Waals surface area contributed by atoms with Crippen LogP contribution in [0.5, 0.6) is 0 Å². The number of benzene rings is 2. The van der Waals surface area contributed by atoms with Crippen LogP contribution in [-0.2, 0) is 10.0 Å². The van der Waals surface area contributed by atoms with E-state index < -0.39 is 15.6 Å². The molecule has 0 aliphatic rings. The lowest BCUT2D eigenvalue weighted by molar-refractivity contribution is 0.269. The van der Waals surface area contributed by atoms with E-state index in [0.717, 1.165) is 11.8 Å². The number of nitrogens with one attached hydrogen (secondary N) is 1. The van der Waals surface area contributed by atoms with Crippen LogP contribution >= 0.6 is 11.6 Å². The van der Waals surface area contributed by atoms with Gasteiger partial charge < -0.3 is 0 Å². The fourth-order valence-electron chi connectivity index (χ4n) is 3.25. The Hall–Kier alpha value is -1.10. The lowest BCUT2D eigenvalue weighted by Crippen LogP contribution is -2.45. The first-order valence-electron chi connectivity index (χ1n) is 7.63. The SMILES string of the molecule is CC(C)(C)CC(C)(C)NS(=O)(=O)c1ccc(Cl)c2ccccc12. The molecule has 3 nitrogen and oxygen atoms in total. The van der Waals surface area contributed by atoms with Gasteiger partial charge in [0.1, 0.15) is 0 Å². The molecule has 0 amide bonds. The average Bonchev–Trinajstić information content (AvgIpc) is 2.34. The Morgan fingerprint density at radius 2 is 1.52 bits per heavy atom. The van der Waals surface area contributed by atoms with Gasteiger partial charge in [-0.15, -0.1) is 0 Å². The summed E-state index contributed by atoms with van der Waals surface area (Å²) in [7, 11) is -3.64. The normalized spacial score (nSPS) is 13.5. The van der Waals surface area contributed by atoms with Gasteiger partial charge >= 0.3 is 0 Å². The molecule has 0 aliphatic carbocycles. The van der Waals surface area contributed by atoms with E-state index in [0.29, 0.717) is 10.4 Å². The topological polar surface area (TPSA) is 46.2 Å². The predicted molar refractivity (Wildman–Crippen MR) is 97.4 cm³/mol. The molecule has 2 rings (SSSR count). The second-order valence-electron chi connectivity index (χ2n) is 7.82. The summed E-state index contributed by atoms with van der Waals surface area (Å²) >= 11 is 6.18. The van der Waals surface area contributed by atoms with Crippen molar-refractivity contribution in [2.75, 3.05) is 0 Å². The van der Waals surface area contributed by atoms with Crippen molar-refractivity contribution in [2.24, 2.45) is 5.41 Å². The van der Waals surface area contributed by atoms with E-state index in [4.69, 9.17) is 11.6 Å². The molecular weight excluding hydrogens is 330 g/mol. The Kier molecular flexibility index (Phi) is 4.82. The van der Waals surface area contributed by atoms with Crippen LogP contribution in [-0.4, -0.2) is 14.0 Å². The second-order valence-corrected chi connectivity index (χ2v) is 9.88. The smallest absolute Gasteiger partial charge is 0.207 e. The van der Waals surface area contributed by atoms with Gasteiger partial charge in [-0.3, -0.25) is 0 Å². The highest BCUT2D eigenvalue weighted by Crippen LogP contribution is 2.32. The molecule has 0 aromatic heterocycles. The van der Waals surface area contributed by atoms with Crippen molar-refractivity contribution < 1.29 is 8.42 Å². The van der Waals surface area contributed by atoms with Crippen LogP contribution in [0.4, 0.5) is 0 Å². The lowest BCUT2D eigenvalue weighted by atomic mass is 9.82. The Balaban J connectivity index is 2.47. The van der Waals surface area contributed by atoms with E-state index in [1.54, 1.807) is 18.2 Å². The van der Waals surface area contributed by atoms with Crippen LogP contribution in [0.25, 0.3) is 10.8 Å². The average molecular weight is 354 g/mol. The van der Waals surface area contributed by atoms with E-state index in [-0.39, 0.29) is 10.3 Å². The molecule has 5 heteroatoms. The number of sulfonamides is 1. The number of halogens is 1. The van der Waals surface area contributed by atoms with E-state index >= 15 is 0 Å². The van der Waals surface area contributed by atoms with Crippen LogP contribution in [0.15, 0.2) is 41.3 Å². The summed E-state index contributed by atoms with van der Waals surface area (Å²) < 4.78 is 28.7. The molecule has 0 heterocycles. The molecule has 0 unspecified atom stereocenters. The third-order valence-corrected chi connectivity index (χ3v) is 5.59. The van der Waals surface area contributed by atoms with Crippen molar-refractivity contribution in [3.8, 4) is 0 Å². The minimum absolute atomic E-state index is 0.0219. The molecule has 126 valence electrons. The molecule has 0 atom stereocenters. The maximum absolute atomic E-state index is 12.9. The summed E-state index contributed by atoms with van der Waals surface area (Å²) in [5.41, 5.74) is -0.522. The Morgan fingerprint density at radius 3 is 2.09 bits per heavy atom. The van der Waals surface area contributed by atoms with Gasteiger partial charge in [0.05, 0.1) is 4.90 Å². The molecule has 2 aromatic rings. The van der Waals surface area contributed by atoms with E-state index in [1.165, 1.54) is 0 Å². The summed E-state index contributed by atoms with van der Waals surface area (Å²) in [6.45, 7) is 10.1. The van der Waals surface area contributed by atoms with Gasteiger partial charge in [0.2, 0.25) is 10.0 Å². The molecule has 0 spiro atoms. The third kappa shape index (κ3) is 4.46. The van der Waals surface area contributed by atoms with Crippen molar-refractivity contribution in [1.82, 2.24) is 4.72 Å². The van der Waals surface area contributed by atoms with Gasteiger partial charge in [-0.25, -0.2) is 13.1 Å². The molecule has 0 bridgehead atoms. The van der Waals surface area contributed by atoms with E-state index in [2.05, 4.69) is 25.5 Å². The highest BCUT2D eigenvalue weighted by atomic mass is 35.5. The maximum atomic E-state index is 12.9. The predicted octanol–water partition coefficient (Wildman–Crippen LogP) is 4.99. The quantitative estimate of drug-likeness (QED) is 0.841. The van der Waals surface area contributed by atoms with Gasteiger partial charge in [-0.2, -0.15) is 0 Å². The van der Waals surface area contributed by atoms with E-state index in [1.807, 2.05) is 32.0 Å². The summed E-state index contributed by atoms with van der Waals surface area (Å²) in [5, 5.41) is 1.93. The van der Waals surface area contributed by atoms with Gasteiger partial charge in [0.15, 0.2) is 0 Å². The summed E-state index contributed by atoms with van der Waals surface area (Å²) in [4.78, 5) is 0.263. The number of hydrogen-bond donors (Lipinski definition) is 1. The molecule has 23 heavy (non-hydrogen) atoms. The van der Waals surface area contributed by atoms with Crippen LogP contribution in [0.1, 0.15) is 41.0 Å². The molecule has 2 aromatic carbocycles. The van der Waals surface area contributed by atoms with Gasteiger partial charge in [-0.05, 0) is 37.8 Å².